The van der Waals surface area contributed by atoms with Crippen molar-refractivity contribution < 1.29 is 9.59 Å². The van der Waals surface area contributed by atoms with Crippen molar-refractivity contribution in [3.63, 3.8) is 0 Å². The Balaban J connectivity index is 1.65. The quantitative estimate of drug-likeness (QED) is 0.791. The van der Waals surface area contributed by atoms with Crippen molar-refractivity contribution in [3.8, 4) is 0 Å². The molecule has 0 saturated carbocycles. The van der Waals surface area contributed by atoms with Crippen molar-refractivity contribution in [2.75, 3.05) is 11.9 Å². The van der Waals surface area contributed by atoms with Crippen LogP contribution in [0.1, 0.15) is 38.2 Å². The molecule has 3 N–H and O–H groups in total. The van der Waals surface area contributed by atoms with Crippen LogP contribution in [0.25, 0.3) is 0 Å². The third kappa shape index (κ3) is 2.93. The maximum atomic E-state index is 12.3. The Morgan fingerprint density at radius 3 is 2.55 bits per heavy atom. The summed E-state index contributed by atoms with van der Waals surface area (Å²) in [6.45, 7) is 4.91. The molecule has 2 aliphatic heterocycles. The van der Waals surface area contributed by atoms with E-state index in [0.717, 1.165) is 12.2 Å². The fraction of sp³-hybridized carbons (Fsp3) is 0.529. The van der Waals surface area contributed by atoms with E-state index in [0.29, 0.717) is 18.8 Å². The van der Waals surface area contributed by atoms with Crippen molar-refractivity contribution in [2.45, 2.75) is 44.7 Å². The molecule has 1 unspecified atom stereocenters. The van der Waals surface area contributed by atoms with Crippen molar-refractivity contribution in [3.05, 3.63) is 29.8 Å². The highest BCUT2D eigenvalue weighted by Gasteiger charge is 2.36. The van der Waals surface area contributed by atoms with Gasteiger partial charge in [0.05, 0.1) is 0 Å². The molecule has 2 aliphatic rings. The molecule has 22 heavy (non-hydrogen) atoms. The van der Waals surface area contributed by atoms with E-state index in [1.165, 1.54) is 5.56 Å². The van der Waals surface area contributed by atoms with Gasteiger partial charge in [0.1, 0.15) is 12.1 Å². The summed E-state index contributed by atoms with van der Waals surface area (Å²) >= 11 is 0. The highest BCUT2D eigenvalue weighted by atomic mass is 16.2. The van der Waals surface area contributed by atoms with Crippen molar-refractivity contribution in [2.24, 2.45) is 5.92 Å². The summed E-state index contributed by atoms with van der Waals surface area (Å²) in [6.07, 6.45) is 1.31. The summed E-state index contributed by atoms with van der Waals surface area (Å²) in [6, 6.07) is 7.32. The Hall–Kier alpha value is -2.04. The van der Waals surface area contributed by atoms with E-state index in [9.17, 15) is 9.59 Å². The standard InChI is InChI=1S/C17H23N3O2/c1-10(2)7-14-16(21)20-15(17(22)19-14)8-11-9-18-13-6-4-3-5-12(11)13/h3-6,10-11,14-15,18H,7-9H2,1-2H3,(H,19,22)(H,20,21)/t11?,14-,15-/m0/s1. The highest BCUT2D eigenvalue weighted by molar-refractivity contribution is 5.97. The van der Waals surface area contributed by atoms with E-state index in [-0.39, 0.29) is 17.7 Å². The van der Waals surface area contributed by atoms with Crippen LogP contribution in [-0.4, -0.2) is 30.4 Å². The molecule has 1 aromatic rings. The predicted octanol–water partition coefficient (Wildman–Crippen LogP) is 1.62. The van der Waals surface area contributed by atoms with Gasteiger partial charge in [-0.1, -0.05) is 32.0 Å². The molecule has 1 fully saturated rings. The minimum atomic E-state index is -0.436. The smallest absolute Gasteiger partial charge is 0.243 e. The molecule has 2 heterocycles. The van der Waals surface area contributed by atoms with Crippen LogP contribution in [0, 0.1) is 5.92 Å². The highest BCUT2D eigenvalue weighted by Crippen LogP contribution is 2.34. The topological polar surface area (TPSA) is 70.2 Å². The third-order valence-electron chi connectivity index (χ3n) is 4.43. The van der Waals surface area contributed by atoms with E-state index >= 15 is 0 Å². The molecular formula is C17H23N3O2. The van der Waals surface area contributed by atoms with Gasteiger partial charge in [0.15, 0.2) is 0 Å². The second-order valence-corrected chi connectivity index (χ2v) is 6.65. The van der Waals surface area contributed by atoms with Gasteiger partial charge in [0.2, 0.25) is 11.8 Å². The summed E-state index contributed by atoms with van der Waals surface area (Å²) < 4.78 is 0. The number of para-hydroxylation sites is 1. The SMILES string of the molecule is CC(C)C[C@@H]1NC(=O)[C@H](CC2CNc3ccccc32)NC1=O. The maximum absolute atomic E-state index is 12.3. The van der Waals surface area contributed by atoms with Gasteiger partial charge in [-0.25, -0.2) is 0 Å². The van der Waals surface area contributed by atoms with E-state index in [1.807, 2.05) is 32.0 Å². The zero-order chi connectivity index (χ0) is 15.7. The average molecular weight is 301 g/mol. The Bertz CT molecular complexity index is 585. The number of piperazine rings is 1. The van der Waals surface area contributed by atoms with Crippen LogP contribution < -0.4 is 16.0 Å². The van der Waals surface area contributed by atoms with Crippen LogP contribution >= 0.6 is 0 Å². The summed E-state index contributed by atoms with van der Waals surface area (Å²) in [4.78, 5) is 24.4. The van der Waals surface area contributed by atoms with E-state index in [2.05, 4.69) is 22.0 Å². The van der Waals surface area contributed by atoms with Gasteiger partial charge in [-0.15, -0.1) is 0 Å². The number of nitrogens with one attached hydrogen (secondary N) is 3. The van der Waals surface area contributed by atoms with E-state index in [1.54, 1.807) is 0 Å². The summed E-state index contributed by atoms with van der Waals surface area (Å²) in [7, 11) is 0. The predicted molar refractivity (Wildman–Crippen MR) is 85.6 cm³/mol. The van der Waals surface area contributed by atoms with Gasteiger partial charge in [0.25, 0.3) is 0 Å². The lowest BCUT2D eigenvalue weighted by molar-refractivity contribution is -0.137. The van der Waals surface area contributed by atoms with E-state index in [4.69, 9.17) is 0 Å². The molecule has 1 saturated heterocycles. The zero-order valence-electron chi connectivity index (χ0n) is 13.1. The lowest BCUT2D eigenvalue weighted by atomic mass is 9.91. The number of carbonyl (C=O) groups excluding carboxylic acids is 2. The minimum absolute atomic E-state index is 0.0578. The molecule has 118 valence electrons. The van der Waals surface area contributed by atoms with Crippen LogP contribution in [0.3, 0.4) is 0 Å². The van der Waals surface area contributed by atoms with Crippen molar-refractivity contribution in [1.82, 2.24) is 10.6 Å². The first-order chi connectivity index (χ1) is 10.5. The second-order valence-electron chi connectivity index (χ2n) is 6.65. The number of benzene rings is 1. The van der Waals surface area contributed by atoms with Crippen molar-refractivity contribution >= 4 is 17.5 Å². The third-order valence-corrected chi connectivity index (χ3v) is 4.43. The fourth-order valence-electron chi connectivity index (χ4n) is 3.33. The Kier molecular flexibility index (Phi) is 4.05. The number of hydrogen-bond donors (Lipinski definition) is 3. The lowest BCUT2D eigenvalue weighted by Crippen LogP contribution is -2.62. The normalized spacial score (nSPS) is 27.1. The molecule has 0 spiro atoms. The Morgan fingerprint density at radius 2 is 1.77 bits per heavy atom. The Labute approximate surface area is 130 Å². The van der Waals surface area contributed by atoms with Crippen LogP contribution in [0.15, 0.2) is 24.3 Å². The van der Waals surface area contributed by atoms with Gasteiger partial charge in [-0.2, -0.15) is 0 Å². The van der Waals surface area contributed by atoms with E-state index < -0.39 is 12.1 Å². The average Bonchev–Trinajstić information content (AvgIpc) is 2.87. The molecule has 5 nitrogen and oxygen atoms in total. The number of anilines is 1. The van der Waals surface area contributed by atoms with Crippen molar-refractivity contribution in [1.29, 1.82) is 0 Å². The van der Waals surface area contributed by atoms with Crippen LogP contribution in [-0.2, 0) is 9.59 Å². The van der Waals surface area contributed by atoms with Gasteiger partial charge in [-0.3, -0.25) is 9.59 Å². The Morgan fingerprint density at radius 1 is 1.09 bits per heavy atom. The van der Waals surface area contributed by atoms with Gasteiger partial charge in [-0.05, 0) is 30.4 Å². The summed E-state index contributed by atoms with van der Waals surface area (Å²) in [5.41, 5.74) is 2.36. The molecule has 0 radical (unpaired) electrons. The monoisotopic (exact) mass is 301 g/mol. The molecule has 5 heteroatoms. The van der Waals surface area contributed by atoms with Gasteiger partial charge in [0, 0.05) is 18.2 Å². The molecule has 3 atom stereocenters. The zero-order valence-corrected chi connectivity index (χ0v) is 13.1. The minimum Gasteiger partial charge on any atom is -0.384 e. The largest absolute Gasteiger partial charge is 0.384 e. The molecule has 0 aromatic heterocycles. The van der Waals surface area contributed by atoms with Gasteiger partial charge >= 0.3 is 0 Å². The van der Waals surface area contributed by atoms with Crippen LogP contribution in [0.2, 0.25) is 0 Å². The van der Waals surface area contributed by atoms with Crippen LogP contribution in [0.4, 0.5) is 5.69 Å². The summed E-state index contributed by atoms with van der Waals surface area (Å²) in [5, 5.41) is 9.13. The number of hydrogen-bond acceptors (Lipinski definition) is 3. The van der Waals surface area contributed by atoms with Gasteiger partial charge < -0.3 is 16.0 Å². The molecule has 1 aromatic carbocycles. The lowest BCUT2D eigenvalue weighted by Gasteiger charge is -2.31. The molecule has 0 aliphatic carbocycles. The number of fused-ring (bicyclic) bond motifs is 1. The molecule has 3 rings (SSSR count). The first kappa shape index (κ1) is 14.9. The first-order valence-electron chi connectivity index (χ1n) is 7.98. The fourth-order valence-corrected chi connectivity index (χ4v) is 3.33. The molecular weight excluding hydrogens is 278 g/mol. The maximum Gasteiger partial charge on any atom is 0.243 e. The first-order valence-corrected chi connectivity index (χ1v) is 7.98. The molecule has 2 amide bonds. The number of carbonyl (C=O) groups is 2. The number of rotatable bonds is 4. The summed E-state index contributed by atoms with van der Waals surface area (Å²) in [5.74, 6) is 0.514. The molecule has 0 bridgehead atoms. The number of amides is 2. The van der Waals surface area contributed by atoms with Crippen LogP contribution in [0.5, 0.6) is 0 Å². The second kappa shape index (κ2) is 5.99.